The molecule has 1 unspecified atom stereocenters. The van der Waals surface area contributed by atoms with E-state index in [1.54, 1.807) is 0 Å². The standard InChI is InChI=1S/C12H14INO2/c1-12(6-7-16-8-12)14-11(15)9-4-2-3-5-10(9)13/h2-5H,6-8H2,1H3,(H,14,15). The lowest BCUT2D eigenvalue weighted by Gasteiger charge is -2.23. The molecule has 0 aliphatic carbocycles. The van der Waals surface area contributed by atoms with Crippen molar-refractivity contribution >= 4 is 28.5 Å². The second kappa shape index (κ2) is 4.71. The van der Waals surface area contributed by atoms with E-state index in [0.717, 1.165) is 22.2 Å². The third-order valence-electron chi connectivity index (χ3n) is 2.75. The average Bonchev–Trinajstić information content (AvgIpc) is 2.65. The smallest absolute Gasteiger partial charge is 0.252 e. The number of carbonyl (C=O) groups excluding carboxylic acids is 1. The van der Waals surface area contributed by atoms with Gasteiger partial charge in [-0.2, -0.15) is 0 Å². The quantitative estimate of drug-likeness (QED) is 0.844. The average molecular weight is 331 g/mol. The van der Waals surface area contributed by atoms with Crippen molar-refractivity contribution in [1.82, 2.24) is 5.32 Å². The number of rotatable bonds is 2. The summed E-state index contributed by atoms with van der Waals surface area (Å²) in [6, 6.07) is 7.59. The van der Waals surface area contributed by atoms with Crippen LogP contribution in [-0.2, 0) is 4.74 Å². The van der Waals surface area contributed by atoms with Gasteiger partial charge in [-0.15, -0.1) is 0 Å². The van der Waals surface area contributed by atoms with Crippen molar-refractivity contribution in [2.24, 2.45) is 0 Å². The van der Waals surface area contributed by atoms with E-state index in [0.29, 0.717) is 6.61 Å². The lowest BCUT2D eigenvalue weighted by atomic mass is 10.0. The Morgan fingerprint density at radius 2 is 2.25 bits per heavy atom. The van der Waals surface area contributed by atoms with Gasteiger partial charge in [-0.3, -0.25) is 4.79 Å². The number of amides is 1. The minimum Gasteiger partial charge on any atom is -0.379 e. The molecule has 0 aromatic heterocycles. The number of halogens is 1. The molecule has 4 heteroatoms. The molecule has 1 saturated heterocycles. The SMILES string of the molecule is CC1(NC(=O)c2ccccc2I)CCOC1. The molecule has 1 aromatic rings. The number of ether oxygens (including phenoxy) is 1. The van der Waals surface area contributed by atoms with Crippen LogP contribution in [0.2, 0.25) is 0 Å². The van der Waals surface area contributed by atoms with Crippen molar-refractivity contribution in [1.29, 1.82) is 0 Å². The largest absolute Gasteiger partial charge is 0.379 e. The Bertz CT molecular complexity index is 400. The fraction of sp³-hybridized carbons (Fsp3) is 0.417. The van der Waals surface area contributed by atoms with Gasteiger partial charge in [0.05, 0.1) is 17.7 Å². The van der Waals surface area contributed by atoms with Gasteiger partial charge in [-0.1, -0.05) is 12.1 Å². The normalized spacial score (nSPS) is 24.4. The van der Waals surface area contributed by atoms with Crippen LogP contribution < -0.4 is 5.32 Å². The molecule has 0 saturated carbocycles. The highest BCUT2D eigenvalue weighted by Gasteiger charge is 2.31. The number of hydrogen-bond acceptors (Lipinski definition) is 2. The molecule has 2 rings (SSSR count). The molecule has 1 atom stereocenters. The summed E-state index contributed by atoms with van der Waals surface area (Å²) >= 11 is 2.17. The van der Waals surface area contributed by atoms with E-state index in [1.807, 2.05) is 31.2 Å². The first kappa shape index (κ1) is 11.9. The van der Waals surface area contributed by atoms with Crippen molar-refractivity contribution in [3.8, 4) is 0 Å². The zero-order chi connectivity index (χ0) is 11.6. The number of carbonyl (C=O) groups is 1. The minimum absolute atomic E-state index is 0.0157. The topological polar surface area (TPSA) is 38.3 Å². The van der Waals surface area contributed by atoms with Gasteiger partial charge in [-0.05, 0) is 48.1 Å². The fourth-order valence-corrected chi connectivity index (χ4v) is 2.38. The van der Waals surface area contributed by atoms with Gasteiger partial charge >= 0.3 is 0 Å². The van der Waals surface area contributed by atoms with Crippen molar-refractivity contribution in [2.45, 2.75) is 18.9 Å². The van der Waals surface area contributed by atoms with E-state index in [2.05, 4.69) is 27.9 Å². The third kappa shape index (κ3) is 2.55. The highest BCUT2D eigenvalue weighted by atomic mass is 127. The summed E-state index contributed by atoms with van der Waals surface area (Å²) in [4.78, 5) is 12.1. The van der Waals surface area contributed by atoms with Crippen LogP contribution in [0.25, 0.3) is 0 Å². The molecule has 1 aromatic carbocycles. The molecule has 1 aliphatic rings. The molecule has 1 heterocycles. The molecule has 16 heavy (non-hydrogen) atoms. The monoisotopic (exact) mass is 331 g/mol. The van der Waals surface area contributed by atoms with Gasteiger partial charge in [0.15, 0.2) is 0 Å². The minimum atomic E-state index is -0.212. The molecule has 1 aliphatic heterocycles. The zero-order valence-electron chi connectivity index (χ0n) is 9.13. The van der Waals surface area contributed by atoms with E-state index >= 15 is 0 Å². The summed E-state index contributed by atoms with van der Waals surface area (Å²) < 4.78 is 6.28. The predicted octanol–water partition coefficient (Wildman–Crippen LogP) is 2.20. The van der Waals surface area contributed by atoms with Crippen LogP contribution in [0, 0.1) is 3.57 Å². The molecule has 0 spiro atoms. The zero-order valence-corrected chi connectivity index (χ0v) is 11.3. The molecule has 0 bridgehead atoms. The first-order valence-corrected chi connectivity index (χ1v) is 6.33. The Morgan fingerprint density at radius 1 is 1.50 bits per heavy atom. The highest BCUT2D eigenvalue weighted by Crippen LogP contribution is 2.19. The number of hydrogen-bond donors (Lipinski definition) is 1. The van der Waals surface area contributed by atoms with Crippen LogP contribution in [0.3, 0.4) is 0 Å². The van der Waals surface area contributed by atoms with Crippen LogP contribution >= 0.6 is 22.6 Å². The van der Waals surface area contributed by atoms with Gasteiger partial charge in [0, 0.05) is 10.2 Å². The summed E-state index contributed by atoms with van der Waals surface area (Å²) in [5.74, 6) is -0.0157. The maximum absolute atomic E-state index is 12.1. The van der Waals surface area contributed by atoms with E-state index in [-0.39, 0.29) is 11.4 Å². The Kier molecular flexibility index (Phi) is 3.49. The van der Waals surface area contributed by atoms with Crippen molar-refractivity contribution in [3.63, 3.8) is 0 Å². The van der Waals surface area contributed by atoms with Crippen LogP contribution in [0.4, 0.5) is 0 Å². The molecular formula is C12H14INO2. The molecular weight excluding hydrogens is 317 g/mol. The Labute approximate surface area is 109 Å². The maximum Gasteiger partial charge on any atom is 0.252 e. The summed E-state index contributed by atoms with van der Waals surface area (Å²) in [5, 5.41) is 3.04. The lowest BCUT2D eigenvalue weighted by molar-refractivity contribution is 0.0889. The van der Waals surface area contributed by atoms with E-state index in [4.69, 9.17) is 4.74 Å². The van der Waals surface area contributed by atoms with Gasteiger partial charge in [-0.25, -0.2) is 0 Å². The molecule has 3 nitrogen and oxygen atoms in total. The predicted molar refractivity (Wildman–Crippen MR) is 70.5 cm³/mol. The number of nitrogens with one attached hydrogen (secondary N) is 1. The summed E-state index contributed by atoms with van der Waals surface area (Å²) in [6.07, 6.45) is 0.877. The summed E-state index contributed by atoms with van der Waals surface area (Å²) in [6.45, 7) is 3.35. The van der Waals surface area contributed by atoms with E-state index in [1.165, 1.54) is 0 Å². The van der Waals surface area contributed by atoms with Crippen LogP contribution in [0.1, 0.15) is 23.7 Å². The molecule has 1 N–H and O–H groups in total. The van der Waals surface area contributed by atoms with Gasteiger partial charge < -0.3 is 10.1 Å². The highest BCUT2D eigenvalue weighted by molar-refractivity contribution is 14.1. The maximum atomic E-state index is 12.1. The van der Waals surface area contributed by atoms with Gasteiger partial charge in [0.2, 0.25) is 0 Å². The van der Waals surface area contributed by atoms with Crippen molar-refractivity contribution < 1.29 is 9.53 Å². The summed E-state index contributed by atoms with van der Waals surface area (Å²) in [7, 11) is 0. The number of benzene rings is 1. The molecule has 0 radical (unpaired) electrons. The van der Waals surface area contributed by atoms with Crippen LogP contribution in [0.5, 0.6) is 0 Å². The second-order valence-electron chi connectivity index (χ2n) is 4.30. The first-order valence-electron chi connectivity index (χ1n) is 5.25. The van der Waals surface area contributed by atoms with E-state index < -0.39 is 0 Å². The van der Waals surface area contributed by atoms with Gasteiger partial charge in [0.25, 0.3) is 5.91 Å². The molecule has 86 valence electrons. The summed E-state index contributed by atoms with van der Waals surface area (Å²) in [5.41, 5.74) is 0.520. The van der Waals surface area contributed by atoms with E-state index in [9.17, 15) is 4.79 Å². The first-order chi connectivity index (χ1) is 7.61. The second-order valence-corrected chi connectivity index (χ2v) is 5.46. The Morgan fingerprint density at radius 3 is 2.88 bits per heavy atom. The van der Waals surface area contributed by atoms with Crippen LogP contribution in [0.15, 0.2) is 24.3 Å². The molecule has 1 amide bonds. The van der Waals surface area contributed by atoms with Crippen molar-refractivity contribution in [3.05, 3.63) is 33.4 Å². The fourth-order valence-electron chi connectivity index (χ4n) is 1.75. The van der Waals surface area contributed by atoms with Gasteiger partial charge in [0.1, 0.15) is 0 Å². The van der Waals surface area contributed by atoms with Crippen molar-refractivity contribution in [2.75, 3.05) is 13.2 Å². The third-order valence-corrected chi connectivity index (χ3v) is 3.69. The Hall–Kier alpha value is -0.620. The lowest BCUT2D eigenvalue weighted by Crippen LogP contribution is -2.46. The Balaban J connectivity index is 2.11. The molecule has 1 fully saturated rings. The van der Waals surface area contributed by atoms with Crippen LogP contribution in [-0.4, -0.2) is 24.7 Å².